The molecule has 0 N–H and O–H groups in total. The van der Waals surface area contributed by atoms with Crippen LogP contribution in [-0.2, 0) is 14.3 Å². The van der Waals surface area contributed by atoms with E-state index in [4.69, 9.17) is 0 Å². The lowest BCUT2D eigenvalue weighted by Crippen LogP contribution is -2.03. The Morgan fingerprint density at radius 1 is 1.25 bits per heavy atom. The number of hydrogen-bond acceptors (Lipinski definition) is 3. The van der Waals surface area contributed by atoms with E-state index in [1.807, 2.05) is 12.2 Å². The summed E-state index contributed by atoms with van der Waals surface area (Å²) in [7, 11) is 0. The van der Waals surface area contributed by atoms with Gasteiger partial charge in [-0.3, -0.25) is 9.59 Å². The highest BCUT2D eigenvalue weighted by Crippen LogP contribution is 2.17. The Hall–Kier alpha value is -1.12. The molecule has 3 nitrogen and oxygen atoms in total. The van der Waals surface area contributed by atoms with Crippen molar-refractivity contribution in [1.29, 1.82) is 0 Å². The molecule has 90 valence electrons. The minimum atomic E-state index is -0.400. The summed E-state index contributed by atoms with van der Waals surface area (Å²) < 4.78 is 4.45. The first-order valence-corrected chi connectivity index (χ1v) is 6.15. The van der Waals surface area contributed by atoms with Crippen molar-refractivity contribution in [1.82, 2.24) is 0 Å². The van der Waals surface area contributed by atoms with Gasteiger partial charge < -0.3 is 4.74 Å². The van der Waals surface area contributed by atoms with Crippen LogP contribution in [0.2, 0.25) is 0 Å². The second kappa shape index (κ2) is 7.20. The molecule has 1 atom stereocenters. The van der Waals surface area contributed by atoms with E-state index in [0.29, 0.717) is 0 Å². The van der Waals surface area contributed by atoms with Crippen LogP contribution >= 0.6 is 0 Å². The highest BCUT2D eigenvalue weighted by atomic mass is 16.6. The van der Waals surface area contributed by atoms with Gasteiger partial charge in [0.2, 0.25) is 0 Å². The number of cyclic esters (lactones) is 2. The molecule has 3 heteroatoms. The van der Waals surface area contributed by atoms with E-state index in [9.17, 15) is 9.59 Å². The Balaban J connectivity index is 2.08. The van der Waals surface area contributed by atoms with Crippen LogP contribution in [0.5, 0.6) is 0 Å². The van der Waals surface area contributed by atoms with Crippen LogP contribution in [0.15, 0.2) is 12.2 Å². The quantitative estimate of drug-likeness (QED) is 0.289. The molecule has 0 bridgehead atoms. The van der Waals surface area contributed by atoms with Crippen molar-refractivity contribution in [3.8, 4) is 0 Å². The van der Waals surface area contributed by atoms with Gasteiger partial charge in [-0.1, -0.05) is 44.8 Å². The maximum atomic E-state index is 11.1. The lowest BCUT2D eigenvalue weighted by atomic mass is 10.1. The lowest BCUT2D eigenvalue weighted by molar-refractivity contribution is -0.152. The zero-order valence-electron chi connectivity index (χ0n) is 9.91. The fourth-order valence-electron chi connectivity index (χ4n) is 1.77. The smallest absolute Gasteiger partial charge is 0.321 e. The number of rotatable bonds is 7. The predicted octanol–water partition coefficient (Wildman–Crippen LogP) is 2.99. The highest BCUT2D eigenvalue weighted by Gasteiger charge is 2.30. The third-order valence-electron chi connectivity index (χ3n) is 2.75. The summed E-state index contributed by atoms with van der Waals surface area (Å²) >= 11 is 0. The molecule has 1 heterocycles. The SMILES string of the molecule is CCCCCCC/C=C\[C@@H]1CC(=O)OC1=O. The summed E-state index contributed by atoms with van der Waals surface area (Å²) in [6.07, 6.45) is 11.3. The summed E-state index contributed by atoms with van der Waals surface area (Å²) in [6.45, 7) is 2.20. The number of hydrogen-bond donors (Lipinski definition) is 0. The van der Waals surface area contributed by atoms with Crippen LogP contribution < -0.4 is 0 Å². The molecule has 0 aliphatic carbocycles. The molecular formula is C13H20O3. The highest BCUT2D eigenvalue weighted by molar-refractivity contribution is 5.95. The van der Waals surface area contributed by atoms with E-state index in [-0.39, 0.29) is 12.3 Å². The summed E-state index contributed by atoms with van der Waals surface area (Å²) in [6, 6.07) is 0. The van der Waals surface area contributed by atoms with E-state index < -0.39 is 11.9 Å². The maximum absolute atomic E-state index is 11.1. The fourth-order valence-corrected chi connectivity index (χ4v) is 1.77. The number of esters is 2. The first-order chi connectivity index (χ1) is 7.74. The number of carbonyl (C=O) groups is 2. The van der Waals surface area contributed by atoms with Gasteiger partial charge >= 0.3 is 11.9 Å². The van der Waals surface area contributed by atoms with Crippen molar-refractivity contribution in [3.05, 3.63) is 12.2 Å². The van der Waals surface area contributed by atoms with Crippen molar-refractivity contribution in [2.45, 2.75) is 51.9 Å². The largest absolute Gasteiger partial charge is 0.393 e. The molecule has 1 fully saturated rings. The van der Waals surface area contributed by atoms with Crippen LogP contribution in [-0.4, -0.2) is 11.9 Å². The zero-order valence-corrected chi connectivity index (χ0v) is 9.91. The van der Waals surface area contributed by atoms with Gasteiger partial charge in [0.05, 0.1) is 12.3 Å². The van der Waals surface area contributed by atoms with E-state index in [2.05, 4.69) is 11.7 Å². The Morgan fingerprint density at radius 2 is 2.00 bits per heavy atom. The lowest BCUT2D eigenvalue weighted by Gasteiger charge is -1.97. The molecule has 0 aromatic rings. The second-order valence-corrected chi connectivity index (χ2v) is 4.23. The van der Waals surface area contributed by atoms with Gasteiger partial charge in [0, 0.05) is 0 Å². The Kier molecular flexibility index (Phi) is 5.83. The molecule has 1 rings (SSSR count). The van der Waals surface area contributed by atoms with Gasteiger partial charge in [-0.15, -0.1) is 0 Å². The van der Waals surface area contributed by atoms with Crippen LogP contribution in [0, 0.1) is 5.92 Å². The number of allylic oxidation sites excluding steroid dienone is 1. The third kappa shape index (κ3) is 4.60. The van der Waals surface area contributed by atoms with Crippen LogP contribution in [0.25, 0.3) is 0 Å². The van der Waals surface area contributed by atoms with E-state index in [1.54, 1.807) is 0 Å². The zero-order chi connectivity index (χ0) is 11.8. The monoisotopic (exact) mass is 224 g/mol. The molecule has 16 heavy (non-hydrogen) atoms. The first kappa shape index (κ1) is 12.9. The van der Waals surface area contributed by atoms with Crippen LogP contribution in [0.1, 0.15) is 51.9 Å². The van der Waals surface area contributed by atoms with Crippen molar-refractivity contribution in [2.24, 2.45) is 5.92 Å². The molecule has 1 aliphatic heterocycles. The van der Waals surface area contributed by atoms with Gasteiger partial charge in [0.15, 0.2) is 0 Å². The standard InChI is InChI=1S/C13H20O3/c1-2-3-4-5-6-7-8-9-11-10-12(14)16-13(11)15/h8-9,11H,2-7,10H2,1H3/b9-8-/t11-/m1/s1. The molecule has 0 radical (unpaired) electrons. The van der Waals surface area contributed by atoms with Gasteiger partial charge in [-0.25, -0.2) is 0 Å². The average molecular weight is 224 g/mol. The molecule has 0 aromatic carbocycles. The number of carbonyl (C=O) groups excluding carboxylic acids is 2. The Bertz CT molecular complexity index is 268. The van der Waals surface area contributed by atoms with Gasteiger partial charge in [0.1, 0.15) is 0 Å². The summed E-state index contributed by atoms with van der Waals surface area (Å²) in [4.78, 5) is 21.9. The van der Waals surface area contributed by atoms with E-state index in [1.165, 1.54) is 25.7 Å². The molecule has 1 saturated heterocycles. The van der Waals surface area contributed by atoms with Gasteiger partial charge in [-0.05, 0) is 12.8 Å². The summed E-state index contributed by atoms with van der Waals surface area (Å²) in [5.41, 5.74) is 0. The first-order valence-electron chi connectivity index (χ1n) is 6.15. The van der Waals surface area contributed by atoms with Gasteiger partial charge in [0.25, 0.3) is 0 Å². The molecule has 0 spiro atoms. The van der Waals surface area contributed by atoms with Crippen LogP contribution in [0.3, 0.4) is 0 Å². The number of unbranched alkanes of at least 4 members (excludes halogenated alkanes) is 5. The Morgan fingerprint density at radius 3 is 2.62 bits per heavy atom. The molecule has 1 aliphatic rings. The maximum Gasteiger partial charge on any atom is 0.321 e. The van der Waals surface area contributed by atoms with E-state index >= 15 is 0 Å². The van der Waals surface area contributed by atoms with Crippen molar-refractivity contribution in [2.75, 3.05) is 0 Å². The van der Waals surface area contributed by atoms with Crippen molar-refractivity contribution in [3.63, 3.8) is 0 Å². The fraction of sp³-hybridized carbons (Fsp3) is 0.692. The van der Waals surface area contributed by atoms with Crippen molar-refractivity contribution >= 4 is 11.9 Å². The van der Waals surface area contributed by atoms with E-state index in [0.717, 1.165) is 12.8 Å². The Labute approximate surface area is 96.9 Å². The topological polar surface area (TPSA) is 43.4 Å². The minimum absolute atomic E-state index is 0.213. The van der Waals surface area contributed by atoms with Gasteiger partial charge in [-0.2, -0.15) is 0 Å². The number of ether oxygens (including phenoxy) is 1. The molecule has 0 aromatic heterocycles. The molecule has 0 saturated carbocycles. The van der Waals surface area contributed by atoms with Crippen LogP contribution in [0.4, 0.5) is 0 Å². The second-order valence-electron chi connectivity index (χ2n) is 4.23. The average Bonchev–Trinajstić information content (AvgIpc) is 2.56. The minimum Gasteiger partial charge on any atom is -0.393 e. The predicted molar refractivity (Wildman–Crippen MR) is 61.7 cm³/mol. The summed E-state index contributed by atoms with van der Waals surface area (Å²) in [5.74, 6) is -1.13. The normalized spacial score (nSPS) is 20.7. The molecule has 0 unspecified atom stereocenters. The molecule has 0 amide bonds. The summed E-state index contributed by atoms with van der Waals surface area (Å²) in [5, 5.41) is 0. The third-order valence-corrected chi connectivity index (χ3v) is 2.75. The molecular weight excluding hydrogens is 204 g/mol. The van der Waals surface area contributed by atoms with Crippen molar-refractivity contribution < 1.29 is 14.3 Å².